The Morgan fingerprint density at radius 2 is 1.89 bits per heavy atom. The number of carbonyl (C=O) groups excluding carboxylic acids is 4. The number of nitrogens with zero attached hydrogens (tertiary/aromatic N) is 1. The number of fused-ring (bicyclic) bond motifs is 2. The molecule has 3 rings (SSSR count). The van der Waals surface area contributed by atoms with Gasteiger partial charge in [-0.25, -0.2) is 14.7 Å². The molecule has 2 aliphatic heterocycles. The third kappa shape index (κ3) is 7.19. The number of hydrogen-bond donors (Lipinski definition) is 4. The highest BCUT2D eigenvalue weighted by Crippen LogP contribution is 2.45. The molecule has 1 aliphatic carbocycles. The summed E-state index contributed by atoms with van der Waals surface area (Å²) in [5.41, 5.74) is -2.19. The van der Waals surface area contributed by atoms with Gasteiger partial charge in [0.05, 0.1) is 0 Å². The molecule has 0 aromatic carbocycles. The minimum Gasteiger partial charge on any atom is -0.444 e. The second kappa shape index (κ2) is 10.8. The van der Waals surface area contributed by atoms with Crippen molar-refractivity contribution in [2.75, 3.05) is 6.54 Å². The monoisotopic (exact) mass is 527 g/mol. The van der Waals surface area contributed by atoms with Crippen molar-refractivity contribution in [3.05, 3.63) is 12.2 Å². The first-order chi connectivity index (χ1) is 16.7. The lowest BCUT2D eigenvalue weighted by molar-refractivity contribution is -0.141. The molecule has 36 heavy (non-hydrogen) atoms. The molecule has 0 spiro atoms. The normalized spacial score (nSPS) is 29.7. The van der Waals surface area contributed by atoms with Gasteiger partial charge in [0.1, 0.15) is 23.2 Å². The number of nitrogens with two attached hydrogens (primary N) is 1. The van der Waals surface area contributed by atoms with Gasteiger partial charge in [0, 0.05) is 12.5 Å². The second-order valence-corrected chi connectivity index (χ2v) is 12.0. The fraction of sp³-hybridized carbons (Fsp3) is 0.739. The molecule has 5 N–H and O–H groups in total. The molecule has 4 amide bonds. The van der Waals surface area contributed by atoms with E-state index in [0.29, 0.717) is 38.6 Å². The molecule has 0 aromatic heterocycles. The maximum absolute atomic E-state index is 13.5. The molecule has 2 fully saturated rings. The summed E-state index contributed by atoms with van der Waals surface area (Å²) in [4.78, 5) is 53.5. The van der Waals surface area contributed by atoms with Crippen LogP contribution in [0.2, 0.25) is 0 Å². The first kappa shape index (κ1) is 27.9. The summed E-state index contributed by atoms with van der Waals surface area (Å²) >= 11 is 0. The van der Waals surface area contributed by atoms with Crippen molar-refractivity contribution in [1.82, 2.24) is 20.3 Å². The van der Waals surface area contributed by atoms with Crippen molar-refractivity contribution in [3.8, 4) is 0 Å². The third-order valence-electron chi connectivity index (χ3n) is 6.56. The Hall–Kier alpha value is -2.67. The van der Waals surface area contributed by atoms with Crippen LogP contribution < -0.4 is 20.5 Å². The van der Waals surface area contributed by atoms with E-state index in [2.05, 4.69) is 10.6 Å². The molecular formula is C23H37N5O7S. The summed E-state index contributed by atoms with van der Waals surface area (Å²) in [5, 5.41) is 10.4. The van der Waals surface area contributed by atoms with Gasteiger partial charge in [-0.2, -0.15) is 8.42 Å². The highest BCUT2D eigenvalue weighted by molar-refractivity contribution is 7.87. The van der Waals surface area contributed by atoms with Crippen molar-refractivity contribution in [2.24, 2.45) is 11.1 Å². The zero-order valence-electron chi connectivity index (χ0n) is 21.0. The van der Waals surface area contributed by atoms with Gasteiger partial charge < -0.3 is 20.3 Å². The lowest BCUT2D eigenvalue weighted by atomic mass is 10.0. The topological polar surface area (TPSA) is 177 Å². The largest absolute Gasteiger partial charge is 0.444 e. The molecule has 0 aromatic rings. The van der Waals surface area contributed by atoms with Crippen molar-refractivity contribution in [2.45, 2.75) is 95.4 Å². The number of carbonyl (C=O) groups is 4. The molecule has 12 nitrogen and oxygen atoms in total. The third-order valence-corrected chi connectivity index (χ3v) is 7.03. The van der Waals surface area contributed by atoms with E-state index in [-0.39, 0.29) is 18.2 Å². The Labute approximate surface area is 211 Å². The van der Waals surface area contributed by atoms with E-state index < -0.39 is 51.3 Å². The Bertz CT molecular complexity index is 1020. The number of nitrogens with one attached hydrogen (secondary N) is 3. The van der Waals surface area contributed by atoms with Crippen molar-refractivity contribution in [1.29, 1.82) is 0 Å². The van der Waals surface area contributed by atoms with Crippen molar-refractivity contribution in [3.63, 3.8) is 0 Å². The lowest BCUT2D eigenvalue weighted by Gasteiger charge is -2.30. The van der Waals surface area contributed by atoms with Crippen molar-refractivity contribution >= 4 is 34.0 Å². The van der Waals surface area contributed by atoms with E-state index in [1.165, 1.54) is 4.90 Å². The molecule has 1 saturated heterocycles. The summed E-state index contributed by atoms with van der Waals surface area (Å²) in [5.74, 6) is -2.23. The first-order valence-corrected chi connectivity index (χ1v) is 13.9. The standard InChI is InChI=1S/C23H37N5O7S/c1-22(2,3)35-21(32)25-16-11-8-6-4-5-7-10-15-14-23(15,20(31)27-36(24,33)34)26-18(29)17-12-9-13-28(17)19(16)30/h7,10,15-17H,4-6,8-9,11-14H2,1-3H3,(H,25,32)(H,26,29)(H,27,31)(H2,24,33,34)/t15-,16+,17+,23-/m1/s1. The molecule has 3 aliphatic rings. The zero-order valence-corrected chi connectivity index (χ0v) is 21.9. The molecule has 202 valence electrons. The zero-order chi connectivity index (χ0) is 26.7. The number of alkyl carbamates (subject to hydrolysis) is 1. The quantitative estimate of drug-likeness (QED) is 0.388. The van der Waals surface area contributed by atoms with Crippen LogP contribution >= 0.6 is 0 Å². The van der Waals surface area contributed by atoms with E-state index >= 15 is 0 Å². The highest BCUT2D eigenvalue weighted by Gasteiger charge is 2.61. The van der Waals surface area contributed by atoms with E-state index in [1.54, 1.807) is 25.5 Å². The Morgan fingerprint density at radius 1 is 1.17 bits per heavy atom. The van der Waals surface area contributed by atoms with Crippen molar-refractivity contribution < 1.29 is 32.3 Å². The Morgan fingerprint density at radius 3 is 2.56 bits per heavy atom. The molecule has 0 radical (unpaired) electrons. The van der Waals surface area contributed by atoms with Gasteiger partial charge in [0.15, 0.2) is 0 Å². The lowest BCUT2D eigenvalue weighted by Crippen LogP contribution is -2.58. The summed E-state index contributed by atoms with van der Waals surface area (Å²) in [6.45, 7) is 5.51. The van der Waals surface area contributed by atoms with Crippen LogP contribution in [0.5, 0.6) is 0 Å². The van der Waals surface area contributed by atoms with Crippen LogP contribution in [0, 0.1) is 5.92 Å². The first-order valence-electron chi connectivity index (χ1n) is 12.4. The number of ether oxygens (including phenoxy) is 1. The van der Waals surface area contributed by atoms with Gasteiger partial charge in [-0.1, -0.05) is 25.0 Å². The van der Waals surface area contributed by atoms with Gasteiger partial charge in [-0.05, 0) is 59.3 Å². The van der Waals surface area contributed by atoms with Gasteiger partial charge in [-0.3, -0.25) is 14.4 Å². The van der Waals surface area contributed by atoms with Gasteiger partial charge in [-0.15, -0.1) is 0 Å². The number of amides is 4. The second-order valence-electron chi connectivity index (χ2n) is 10.7. The van der Waals surface area contributed by atoms with Crippen LogP contribution in [0.1, 0.15) is 72.1 Å². The number of allylic oxidation sites excluding steroid dienone is 1. The predicted molar refractivity (Wildman–Crippen MR) is 130 cm³/mol. The smallest absolute Gasteiger partial charge is 0.408 e. The predicted octanol–water partition coefficient (Wildman–Crippen LogP) is 0.586. The van der Waals surface area contributed by atoms with E-state index in [0.717, 1.165) is 12.8 Å². The number of rotatable bonds is 3. The van der Waals surface area contributed by atoms with E-state index in [4.69, 9.17) is 9.88 Å². The van der Waals surface area contributed by atoms with Crippen LogP contribution in [-0.4, -0.2) is 66.9 Å². The molecular weight excluding hydrogens is 490 g/mol. The average Bonchev–Trinajstić information content (AvgIpc) is 3.20. The average molecular weight is 528 g/mol. The van der Waals surface area contributed by atoms with Crippen LogP contribution in [0.15, 0.2) is 12.2 Å². The highest BCUT2D eigenvalue weighted by atomic mass is 32.2. The van der Waals surface area contributed by atoms with E-state index in [9.17, 15) is 27.6 Å². The fourth-order valence-electron chi connectivity index (χ4n) is 4.76. The van der Waals surface area contributed by atoms with E-state index in [1.807, 2.05) is 12.2 Å². The number of hydrogen-bond acceptors (Lipinski definition) is 7. The van der Waals surface area contributed by atoms with Crippen LogP contribution in [0.3, 0.4) is 0 Å². The molecule has 1 saturated carbocycles. The minimum atomic E-state index is -4.32. The summed E-state index contributed by atoms with van der Waals surface area (Å²) in [7, 11) is -4.32. The van der Waals surface area contributed by atoms with Crippen LogP contribution in [0.25, 0.3) is 0 Å². The summed E-state index contributed by atoms with van der Waals surface area (Å²) in [6, 6.07) is -1.71. The Balaban J connectivity index is 1.83. The molecule has 0 unspecified atom stereocenters. The van der Waals surface area contributed by atoms with Crippen LogP contribution in [0.4, 0.5) is 4.79 Å². The summed E-state index contributed by atoms with van der Waals surface area (Å²) in [6.07, 6.45) is 7.63. The molecule has 13 heteroatoms. The summed E-state index contributed by atoms with van der Waals surface area (Å²) < 4.78 is 30.1. The SMILES string of the molecule is CC(C)(C)OC(=O)N[C@H]1CCCCCC=C[C@@H]2C[C@@]2(C(=O)NS(N)(=O)=O)NC(=O)[C@@H]2CCCN2C1=O. The van der Waals surface area contributed by atoms with Gasteiger partial charge in [0.2, 0.25) is 11.8 Å². The van der Waals surface area contributed by atoms with Gasteiger partial charge >= 0.3 is 6.09 Å². The maximum atomic E-state index is 13.5. The molecule has 2 heterocycles. The Kier molecular flexibility index (Phi) is 8.33. The van der Waals surface area contributed by atoms with Gasteiger partial charge in [0.25, 0.3) is 16.1 Å². The fourth-order valence-corrected chi connectivity index (χ4v) is 5.20. The molecule has 0 bridgehead atoms. The van der Waals surface area contributed by atoms with Crippen LogP contribution in [-0.2, 0) is 29.3 Å². The molecule has 4 atom stereocenters. The minimum absolute atomic E-state index is 0.222. The maximum Gasteiger partial charge on any atom is 0.408 e.